The van der Waals surface area contributed by atoms with E-state index in [-0.39, 0.29) is 11.8 Å². The lowest BCUT2D eigenvalue weighted by Gasteiger charge is -2.35. The summed E-state index contributed by atoms with van der Waals surface area (Å²) in [6, 6.07) is 5.08. The third kappa shape index (κ3) is 3.00. The third-order valence-corrected chi connectivity index (χ3v) is 3.66. The summed E-state index contributed by atoms with van der Waals surface area (Å²) in [7, 11) is 0. The molecule has 6 heteroatoms. The van der Waals surface area contributed by atoms with E-state index < -0.39 is 4.92 Å². The number of hydrogen-bond acceptors (Lipinski definition) is 4. The van der Waals surface area contributed by atoms with Gasteiger partial charge in [0.1, 0.15) is 11.9 Å². The fraction of sp³-hybridized carbons (Fsp3) is 0.500. The second-order valence-electron chi connectivity index (χ2n) is 4.34. The summed E-state index contributed by atoms with van der Waals surface area (Å²) in [5.74, 6) is 0.546. The molecule has 0 aliphatic heterocycles. The van der Waals surface area contributed by atoms with E-state index in [1.165, 1.54) is 12.1 Å². The summed E-state index contributed by atoms with van der Waals surface area (Å²) < 4.78 is 6.51. The summed E-state index contributed by atoms with van der Waals surface area (Å²) >= 11 is 3.34. The van der Waals surface area contributed by atoms with Gasteiger partial charge in [-0.25, -0.2) is 0 Å². The van der Waals surface area contributed by atoms with Crippen molar-refractivity contribution in [3.8, 4) is 5.75 Å². The summed E-state index contributed by atoms with van der Waals surface area (Å²) in [5, 5.41) is 14.0. The molecule has 0 amide bonds. The van der Waals surface area contributed by atoms with Crippen LogP contribution in [0.2, 0.25) is 0 Å². The molecule has 1 aliphatic carbocycles. The third-order valence-electron chi connectivity index (χ3n) is 3.01. The lowest BCUT2D eigenvalue weighted by molar-refractivity contribution is -0.385. The van der Waals surface area contributed by atoms with Crippen LogP contribution in [0.15, 0.2) is 22.7 Å². The van der Waals surface area contributed by atoms with Gasteiger partial charge in [-0.2, -0.15) is 0 Å². The molecule has 0 heterocycles. The molecule has 1 N–H and O–H groups in total. The highest BCUT2D eigenvalue weighted by Gasteiger charge is 2.30. The SMILES string of the molecule is CCNC1CC(Oc2cc([N+](=O)[O-])ccc2Br)C1. The van der Waals surface area contributed by atoms with E-state index in [2.05, 4.69) is 28.2 Å². The van der Waals surface area contributed by atoms with E-state index in [4.69, 9.17) is 4.74 Å². The van der Waals surface area contributed by atoms with E-state index in [0.717, 1.165) is 23.9 Å². The van der Waals surface area contributed by atoms with Crippen LogP contribution in [0.4, 0.5) is 5.69 Å². The largest absolute Gasteiger partial charge is 0.489 e. The molecular weight excluding hydrogens is 300 g/mol. The number of nitrogens with one attached hydrogen (secondary N) is 1. The van der Waals surface area contributed by atoms with Crippen molar-refractivity contribution in [1.29, 1.82) is 0 Å². The first kappa shape index (κ1) is 13.3. The molecule has 1 aliphatic rings. The molecule has 18 heavy (non-hydrogen) atoms. The number of nitro benzene ring substituents is 1. The molecule has 0 atom stereocenters. The average Bonchev–Trinajstić information content (AvgIpc) is 2.28. The molecule has 2 rings (SSSR count). The van der Waals surface area contributed by atoms with Crippen LogP contribution in [0.1, 0.15) is 19.8 Å². The van der Waals surface area contributed by atoms with Crippen LogP contribution in [0.5, 0.6) is 5.75 Å². The number of hydrogen-bond donors (Lipinski definition) is 1. The Morgan fingerprint density at radius 1 is 1.56 bits per heavy atom. The first-order chi connectivity index (χ1) is 8.60. The summed E-state index contributed by atoms with van der Waals surface area (Å²) in [6.07, 6.45) is 2.04. The Bertz CT molecular complexity index is 447. The molecular formula is C12H15BrN2O3. The van der Waals surface area contributed by atoms with E-state index >= 15 is 0 Å². The number of halogens is 1. The minimum absolute atomic E-state index is 0.0516. The molecule has 0 saturated heterocycles. The molecule has 5 nitrogen and oxygen atoms in total. The topological polar surface area (TPSA) is 64.4 Å². The maximum absolute atomic E-state index is 10.7. The second kappa shape index (κ2) is 5.67. The molecule has 0 aromatic heterocycles. The number of non-ortho nitro benzene ring substituents is 1. The van der Waals surface area contributed by atoms with Crippen molar-refractivity contribution in [2.45, 2.75) is 31.9 Å². The summed E-state index contributed by atoms with van der Waals surface area (Å²) in [6.45, 7) is 3.03. The van der Waals surface area contributed by atoms with Crippen molar-refractivity contribution in [2.24, 2.45) is 0 Å². The zero-order valence-corrected chi connectivity index (χ0v) is 11.6. The quantitative estimate of drug-likeness (QED) is 0.670. The summed E-state index contributed by atoms with van der Waals surface area (Å²) in [4.78, 5) is 10.3. The Morgan fingerprint density at radius 2 is 2.28 bits per heavy atom. The van der Waals surface area contributed by atoms with Crippen LogP contribution in [0.3, 0.4) is 0 Å². The van der Waals surface area contributed by atoms with Gasteiger partial charge in [0, 0.05) is 12.1 Å². The zero-order chi connectivity index (χ0) is 13.1. The number of rotatable bonds is 5. The van der Waals surface area contributed by atoms with Crippen molar-refractivity contribution in [1.82, 2.24) is 5.32 Å². The van der Waals surface area contributed by atoms with Gasteiger partial charge in [-0.1, -0.05) is 6.92 Å². The Balaban J connectivity index is 1.97. The number of nitrogens with zero attached hydrogens (tertiary/aromatic N) is 1. The Morgan fingerprint density at radius 3 is 2.89 bits per heavy atom. The predicted octanol–water partition coefficient (Wildman–Crippen LogP) is 2.88. The molecule has 1 aromatic rings. The van der Waals surface area contributed by atoms with Gasteiger partial charge in [0.15, 0.2) is 0 Å². The number of benzene rings is 1. The fourth-order valence-corrected chi connectivity index (χ4v) is 2.33. The molecule has 1 aromatic carbocycles. The van der Waals surface area contributed by atoms with Gasteiger partial charge in [0.05, 0.1) is 15.5 Å². The van der Waals surface area contributed by atoms with Crippen LogP contribution in [0, 0.1) is 10.1 Å². The highest BCUT2D eigenvalue weighted by Crippen LogP contribution is 2.33. The minimum Gasteiger partial charge on any atom is -0.489 e. The van der Waals surface area contributed by atoms with Crippen LogP contribution in [0.25, 0.3) is 0 Å². The maximum atomic E-state index is 10.7. The molecule has 0 spiro atoms. The van der Waals surface area contributed by atoms with Gasteiger partial charge >= 0.3 is 0 Å². The lowest BCUT2D eigenvalue weighted by Crippen LogP contribution is -2.46. The molecule has 0 bridgehead atoms. The zero-order valence-electron chi connectivity index (χ0n) is 10.1. The maximum Gasteiger partial charge on any atom is 0.273 e. The Hall–Kier alpha value is -1.14. The summed E-state index contributed by atoms with van der Waals surface area (Å²) in [5.41, 5.74) is 0.0516. The first-order valence-electron chi connectivity index (χ1n) is 5.94. The standard InChI is InChI=1S/C12H15BrN2O3/c1-2-14-8-5-10(6-8)18-12-7-9(15(16)17)3-4-11(12)13/h3-4,7-8,10,14H,2,5-6H2,1H3. The van der Waals surface area contributed by atoms with Crippen molar-refractivity contribution >= 4 is 21.6 Å². The molecule has 0 unspecified atom stereocenters. The fourth-order valence-electron chi connectivity index (χ4n) is 1.99. The van der Waals surface area contributed by atoms with Crippen LogP contribution < -0.4 is 10.1 Å². The van der Waals surface area contributed by atoms with Gasteiger partial charge in [0.25, 0.3) is 5.69 Å². The van der Waals surface area contributed by atoms with Crippen LogP contribution >= 0.6 is 15.9 Å². The van der Waals surface area contributed by atoms with Crippen molar-refractivity contribution in [3.63, 3.8) is 0 Å². The van der Waals surface area contributed by atoms with Gasteiger partial charge in [0.2, 0.25) is 0 Å². The van der Waals surface area contributed by atoms with Crippen LogP contribution in [-0.4, -0.2) is 23.6 Å². The van der Waals surface area contributed by atoms with E-state index in [0.29, 0.717) is 11.8 Å². The van der Waals surface area contributed by atoms with Gasteiger partial charge in [-0.15, -0.1) is 0 Å². The normalized spacial score (nSPS) is 22.3. The van der Waals surface area contributed by atoms with Crippen molar-refractivity contribution < 1.29 is 9.66 Å². The van der Waals surface area contributed by atoms with Gasteiger partial charge in [-0.05, 0) is 41.4 Å². The minimum atomic E-state index is -0.415. The van der Waals surface area contributed by atoms with Crippen molar-refractivity contribution in [2.75, 3.05) is 6.54 Å². The average molecular weight is 315 g/mol. The predicted molar refractivity (Wildman–Crippen MR) is 71.9 cm³/mol. The number of ether oxygens (including phenoxy) is 1. The molecule has 0 radical (unpaired) electrons. The molecule has 1 fully saturated rings. The van der Waals surface area contributed by atoms with E-state index in [9.17, 15) is 10.1 Å². The monoisotopic (exact) mass is 314 g/mol. The second-order valence-corrected chi connectivity index (χ2v) is 5.19. The van der Waals surface area contributed by atoms with Crippen molar-refractivity contribution in [3.05, 3.63) is 32.8 Å². The van der Waals surface area contributed by atoms with Gasteiger partial charge in [-0.3, -0.25) is 10.1 Å². The smallest absolute Gasteiger partial charge is 0.273 e. The molecule has 98 valence electrons. The molecule has 1 saturated carbocycles. The van der Waals surface area contributed by atoms with Gasteiger partial charge < -0.3 is 10.1 Å². The van der Waals surface area contributed by atoms with E-state index in [1.807, 2.05) is 0 Å². The number of nitro groups is 1. The Kier molecular flexibility index (Phi) is 4.19. The highest BCUT2D eigenvalue weighted by atomic mass is 79.9. The van der Waals surface area contributed by atoms with E-state index in [1.54, 1.807) is 6.07 Å². The first-order valence-corrected chi connectivity index (χ1v) is 6.73. The lowest BCUT2D eigenvalue weighted by atomic mass is 9.89. The van der Waals surface area contributed by atoms with Crippen LogP contribution in [-0.2, 0) is 0 Å². The Labute approximate surface area is 114 Å². The highest BCUT2D eigenvalue weighted by molar-refractivity contribution is 9.10.